The largest absolute Gasteiger partial charge is 0.480 e. The monoisotopic (exact) mass is 268 g/mol. The molecule has 0 aliphatic carbocycles. The van der Waals surface area contributed by atoms with Gasteiger partial charge in [-0.2, -0.15) is 0 Å². The van der Waals surface area contributed by atoms with Crippen LogP contribution in [0.3, 0.4) is 0 Å². The topological polar surface area (TPSA) is 66.6 Å². The van der Waals surface area contributed by atoms with E-state index >= 15 is 0 Å². The van der Waals surface area contributed by atoms with Gasteiger partial charge < -0.3 is 10.8 Å². The molecule has 1 rings (SSSR count). The number of likely N-dealkylation sites (N-methyl/N-ethyl adjacent to an activating group) is 1. The van der Waals surface area contributed by atoms with Crippen molar-refractivity contribution in [3.05, 3.63) is 29.8 Å². The molecule has 3 N–H and O–H groups in total. The number of carbonyl (C=O) groups is 1. The lowest BCUT2D eigenvalue weighted by Gasteiger charge is -2.19. The Morgan fingerprint density at radius 3 is 2.56 bits per heavy atom. The molecule has 1 atom stereocenters. The van der Waals surface area contributed by atoms with E-state index in [0.29, 0.717) is 13.1 Å². The van der Waals surface area contributed by atoms with Crippen LogP contribution in [0.2, 0.25) is 0 Å². The number of hydrogen-bond donors (Lipinski definition) is 2. The summed E-state index contributed by atoms with van der Waals surface area (Å²) in [5.74, 6) is 0.101. The second-order valence-corrected chi connectivity index (χ2v) is 5.56. The van der Waals surface area contributed by atoms with Gasteiger partial charge >= 0.3 is 5.97 Å². The van der Waals surface area contributed by atoms with Crippen LogP contribution in [0.1, 0.15) is 12.5 Å². The number of carboxylic acid groups (broad SMARTS) is 1. The molecular weight excluding hydrogens is 248 g/mol. The van der Waals surface area contributed by atoms with E-state index in [4.69, 9.17) is 10.8 Å². The lowest BCUT2D eigenvalue weighted by atomic mass is 10.2. The first-order valence-corrected chi connectivity index (χ1v) is 6.90. The maximum absolute atomic E-state index is 10.6. The zero-order valence-corrected chi connectivity index (χ0v) is 11.6. The first-order chi connectivity index (χ1) is 8.52. The molecule has 0 fully saturated rings. The van der Waals surface area contributed by atoms with Gasteiger partial charge in [-0.15, -0.1) is 11.8 Å². The Balaban J connectivity index is 2.48. The zero-order chi connectivity index (χ0) is 13.5. The summed E-state index contributed by atoms with van der Waals surface area (Å²) < 4.78 is 0. The number of carboxylic acids is 1. The Hall–Kier alpha value is -1.04. The van der Waals surface area contributed by atoms with Crippen LogP contribution >= 0.6 is 11.8 Å². The van der Waals surface area contributed by atoms with Crippen molar-refractivity contribution >= 4 is 17.7 Å². The number of hydrogen-bond acceptors (Lipinski definition) is 4. The molecule has 1 unspecified atom stereocenters. The van der Waals surface area contributed by atoms with Crippen molar-refractivity contribution in [2.75, 3.05) is 19.3 Å². The Labute approximate surface area is 112 Å². The predicted molar refractivity (Wildman–Crippen MR) is 74.8 cm³/mol. The number of aliphatic carboxylic acids is 1. The van der Waals surface area contributed by atoms with Crippen LogP contribution in [0.5, 0.6) is 0 Å². The van der Waals surface area contributed by atoms with Crippen molar-refractivity contribution in [1.29, 1.82) is 0 Å². The molecule has 1 aromatic rings. The van der Waals surface area contributed by atoms with E-state index in [1.165, 1.54) is 4.90 Å². The van der Waals surface area contributed by atoms with Gasteiger partial charge in [0, 0.05) is 18.0 Å². The summed E-state index contributed by atoms with van der Waals surface area (Å²) in [6.45, 7) is 3.18. The van der Waals surface area contributed by atoms with E-state index in [2.05, 4.69) is 31.2 Å². The van der Waals surface area contributed by atoms with Crippen LogP contribution in [-0.2, 0) is 11.3 Å². The lowest BCUT2D eigenvalue weighted by Crippen LogP contribution is -2.40. The molecule has 0 bridgehead atoms. The van der Waals surface area contributed by atoms with E-state index in [-0.39, 0.29) is 0 Å². The molecule has 0 heterocycles. The van der Waals surface area contributed by atoms with E-state index in [9.17, 15) is 4.79 Å². The van der Waals surface area contributed by atoms with E-state index < -0.39 is 12.0 Å². The van der Waals surface area contributed by atoms with Crippen LogP contribution in [-0.4, -0.2) is 41.4 Å². The molecule has 5 heteroatoms. The molecule has 4 nitrogen and oxygen atoms in total. The molecule has 0 aliphatic heterocycles. The standard InChI is InChI=1S/C13H20N2O2S/c1-3-18-11-6-4-10(5-7-11)8-15(2)9-12(14)13(16)17/h4-7,12H,3,8-9,14H2,1-2H3,(H,16,17). The number of rotatable bonds is 7. The quantitative estimate of drug-likeness (QED) is 0.736. The minimum absolute atomic E-state index is 0.348. The fourth-order valence-corrected chi connectivity index (χ4v) is 2.31. The Kier molecular flexibility index (Phi) is 6.18. The van der Waals surface area contributed by atoms with Gasteiger partial charge in [-0.1, -0.05) is 19.1 Å². The second kappa shape index (κ2) is 7.41. The SMILES string of the molecule is CCSc1ccc(CN(C)CC(N)C(=O)O)cc1. The average molecular weight is 268 g/mol. The van der Waals surface area contributed by atoms with Crippen LogP contribution < -0.4 is 5.73 Å². The van der Waals surface area contributed by atoms with E-state index in [1.54, 1.807) is 11.8 Å². The minimum Gasteiger partial charge on any atom is -0.480 e. The summed E-state index contributed by atoms with van der Waals surface area (Å²) >= 11 is 1.81. The van der Waals surface area contributed by atoms with Gasteiger partial charge in [0.05, 0.1) is 0 Å². The van der Waals surface area contributed by atoms with Gasteiger partial charge in [-0.05, 0) is 30.5 Å². The highest BCUT2D eigenvalue weighted by atomic mass is 32.2. The van der Waals surface area contributed by atoms with Gasteiger partial charge in [-0.3, -0.25) is 9.69 Å². The first-order valence-electron chi connectivity index (χ1n) is 5.91. The molecule has 100 valence electrons. The number of benzene rings is 1. The van der Waals surface area contributed by atoms with Crippen molar-refractivity contribution in [2.45, 2.75) is 24.4 Å². The third-order valence-electron chi connectivity index (χ3n) is 2.51. The average Bonchev–Trinajstić information content (AvgIpc) is 2.31. The van der Waals surface area contributed by atoms with Gasteiger partial charge in [0.15, 0.2) is 0 Å². The molecule has 0 radical (unpaired) electrons. The highest BCUT2D eigenvalue weighted by molar-refractivity contribution is 7.99. The molecule has 0 spiro atoms. The number of thioether (sulfide) groups is 1. The zero-order valence-electron chi connectivity index (χ0n) is 10.8. The van der Waals surface area contributed by atoms with Crippen molar-refractivity contribution in [2.24, 2.45) is 5.73 Å². The van der Waals surface area contributed by atoms with Gasteiger partial charge in [0.1, 0.15) is 6.04 Å². The molecule has 0 aliphatic rings. The van der Waals surface area contributed by atoms with E-state index in [0.717, 1.165) is 11.3 Å². The summed E-state index contributed by atoms with van der Waals surface area (Å²) in [5.41, 5.74) is 6.65. The molecular formula is C13H20N2O2S. The minimum atomic E-state index is -0.962. The lowest BCUT2D eigenvalue weighted by molar-refractivity contribution is -0.138. The third-order valence-corrected chi connectivity index (χ3v) is 3.41. The Morgan fingerprint density at radius 1 is 1.44 bits per heavy atom. The fraction of sp³-hybridized carbons (Fsp3) is 0.462. The van der Waals surface area contributed by atoms with Crippen LogP contribution in [0.15, 0.2) is 29.2 Å². The summed E-state index contributed by atoms with van der Waals surface area (Å²) in [6.07, 6.45) is 0. The van der Waals surface area contributed by atoms with E-state index in [1.807, 2.05) is 11.9 Å². The highest BCUT2D eigenvalue weighted by Gasteiger charge is 2.13. The van der Waals surface area contributed by atoms with Crippen LogP contribution in [0.4, 0.5) is 0 Å². The molecule has 18 heavy (non-hydrogen) atoms. The van der Waals surface area contributed by atoms with Crippen molar-refractivity contribution in [3.8, 4) is 0 Å². The Morgan fingerprint density at radius 2 is 2.06 bits per heavy atom. The van der Waals surface area contributed by atoms with Crippen molar-refractivity contribution in [1.82, 2.24) is 4.90 Å². The third kappa shape index (κ3) is 5.08. The molecule has 0 saturated heterocycles. The number of nitrogens with two attached hydrogens (primary N) is 1. The normalized spacial score (nSPS) is 12.7. The predicted octanol–water partition coefficient (Wildman–Crippen LogP) is 1.64. The maximum Gasteiger partial charge on any atom is 0.321 e. The summed E-state index contributed by atoms with van der Waals surface area (Å²) in [6, 6.07) is 7.50. The van der Waals surface area contributed by atoms with Crippen LogP contribution in [0, 0.1) is 0 Å². The fourth-order valence-electron chi connectivity index (χ4n) is 1.65. The van der Waals surface area contributed by atoms with Crippen molar-refractivity contribution in [3.63, 3.8) is 0 Å². The first kappa shape index (κ1) is 15.0. The second-order valence-electron chi connectivity index (χ2n) is 4.22. The molecule has 0 amide bonds. The summed E-state index contributed by atoms with van der Waals surface area (Å²) in [7, 11) is 1.87. The van der Waals surface area contributed by atoms with Crippen molar-refractivity contribution < 1.29 is 9.90 Å². The molecule has 0 aromatic heterocycles. The van der Waals surface area contributed by atoms with Gasteiger partial charge in [0.2, 0.25) is 0 Å². The smallest absolute Gasteiger partial charge is 0.321 e. The van der Waals surface area contributed by atoms with Gasteiger partial charge in [0.25, 0.3) is 0 Å². The van der Waals surface area contributed by atoms with Crippen LogP contribution in [0.25, 0.3) is 0 Å². The molecule has 1 aromatic carbocycles. The highest BCUT2D eigenvalue weighted by Crippen LogP contribution is 2.18. The Bertz CT molecular complexity index is 381. The summed E-state index contributed by atoms with van der Waals surface area (Å²) in [5, 5.41) is 8.74. The summed E-state index contributed by atoms with van der Waals surface area (Å²) in [4.78, 5) is 13.8. The van der Waals surface area contributed by atoms with Gasteiger partial charge in [-0.25, -0.2) is 0 Å². The number of nitrogens with zero attached hydrogens (tertiary/aromatic N) is 1. The maximum atomic E-state index is 10.6. The molecule has 0 saturated carbocycles.